The predicted octanol–water partition coefficient (Wildman–Crippen LogP) is 3.68. The van der Waals surface area contributed by atoms with E-state index in [1.54, 1.807) is 11.0 Å². The molecule has 1 fully saturated rings. The van der Waals surface area contributed by atoms with Crippen LogP contribution in [0.3, 0.4) is 0 Å². The van der Waals surface area contributed by atoms with Crippen LogP contribution < -0.4 is 4.74 Å². The maximum Gasteiger partial charge on any atom is 0.387 e. The molecule has 2 rings (SSSR count). The second-order valence-electron chi connectivity index (χ2n) is 4.41. The number of likely N-dealkylation sites (tertiary alicyclic amines) is 1. The first-order valence-electron chi connectivity index (χ1n) is 6.11. The van der Waals surface area contributed by atoms with E-state index in [4.69, 9.17) is 0 Å². The molecule has 1 saturated heterocycles. The third kappa shape index (κ3) is 3.89. The van der Waals surface area contributed by atoms with Crippen molar-refractivity contribution >= 4 is 21.8 Å². The number of piperidine rings is 1. The first kappa shape index (κ1) is 14.2. The quantitative estimate of drug-likeness (QED) is 0.844. The molecule has 104 valence electrons. The van der Waals surface area contributed by atoms with Crippen molar-refractivity contribution in [2.45, 2.75) is 25.9 Å². The molecule has 0 radical (unpaired) electrons. The number of halogens is 3. The number of amides is 1. The van der Waals surface area contributed by atoms with Gasteiger partial charge < -0.3 is 9.64 Å². The van der Waals surface area contributed by atoms with Gasteiger partial charge in [0.05, 0.1) is 0 Å². The summed E-state index contributed by atoms with van der Waals surface area (Å²) in [6, 6.07) is 4.39. The molecule has 1 amide bonds. The summed E-state index contributed by atoms with van der Waals surface area (Å²) in [4.78, 5) is 14.0. The number of alkyl halides is 2. The molecule has 6 heteroatoms. The summed E-state index contributed by atoms with van der Waals surface area (Å²) in [7, 11) is 0. The van der Waals surface area contributed by atoms with Crippen molar-refractivity contribution < 1.29 is 18.3 Å². The Hall–Kier alpha value is -1.17. The van der Waals surface area contributed by atoms with Crippen molar-refractivity contribution in [3.05, 3.63) is 28.2 Å². The molecule has 1 heterocycles. The molecule has 0 bridgehead atoms. The highest BCUT2D eigenvalue weighted by atomic mass is 79.9. The molecule has 0 aliphatic carbocycles. The van der Waals surface area contributed by atoms with Gasteiger partial charge in [0.1, 0.15) is 5.75 Å². The molecule has 3 nitrogen and oxygen atoms in total. The highest BCUT2D eigenvalue weighted by Gasteiger charge is 2.19. The summed E-state index contributed by atoms with van der Waals surface area (Å²) in [5.41, 5.74) is 0.368. The molecule has 0 atom stereocenters. The number of benzene rings is 1. The Balaban J connectivity index is 2.18. The fourth-order valence-corrected chi connectivity index (χ4v) is 2.61. The van der Waals surface area contributed by atoms with Gasteiger partial charge in [0.15, 0.2) is 0 Å². The first-order chi connectivity index (χ1) is 9.06. The number of ether oxygens (including phenoxy) is 1. The Bertz CT molecular complexity index is 462. The monoisotopic (exact) mass is 333 g/mol. The number of carbonyl (C=O) groups is 1. The van der Waals surface area contributed by atoms with Crippen LogP contribution in [0.1, 0.15) is 29.6 Å². The van der Waals surface area contributed by atoms with Gasteiger partial charge in [0, 0.05) is 23.1 Å². The average molecular weight is 334 g/mol. The van der Waals surface area contributed by atoms with Crippen LogP contribution in [0.25, 0.3) is 0 Å². The normalized spacial score (nSPS) is 15.7. The van der Waals surface area contributed by atoms with Gasteiger partial charge >= 0.3 is 6.61 Å². The molecule has 1 aromatic carbocycles. The van der Waals surface area contributed by atoms with Crippen molar-refractivity contribution in [1.29, 1.82) is 0 Å². The summed E-state index contributed by atoms with van der Waals surface area (Å²) in [5, 5.41) is 0. The zero-order valence-electron chi connectivity index (χ0n) is 10.2. The Labute approximate surface area is 118 Å². The zero-order chi connectivity index (χ0) is 13.8. The fourth-order valence-electron chi connectivity index (χ4n) is 2.14. The van der Waals surface area contributed by atoms with E-state index in [1.807, 2.05) is 0 Å². The smallest absolute Gasteiger partial charge is 0.387 e. The minimum absolute atomic E-state index is 0.00951. The highest BCUT2D eigenvalue weighted by Crippen LogP contribution is 2.24. The van der Waals surface area contributed by atoms with E-state index in [0.29, 0.717) is 10.0 Å². The second-order valence-corrected chi connectivity index (χ2v) is 5.32. The van der Waals surface area contributed by atoms with Crippen LogP contribution in [0.2, 0.25) is 0 Å². The van der Waals surface area contributed by atoms with Crippen LogP contribution in [0.15, 0.2) is 22.7 Å². The van der Waals surface area contributed by atoms with Gasteiger partial charge in [-0.25, -0.2) is 0 Å². The molecule has 1 aliphatic rings. The fraction of sp³-hybridized carbons (Fsp3) is 0.462. The molecule has 0 spiro atoms. The van der Waals surface area contributed by atoms with E-state index in [0.717, 1.165) is 32.4 Å². The minimum Gasteiger partial charge on any atom is -0.435 e. The highest BCUT2D eigenvalue weighted by molar-refractivity contribution is 9.10. The maximum atomic E-state index is 12.3. The van der Waals surface area contributed by atoms with E-state index in [9.17, 15) is 13.6 Å². The van der Waals surface area contributed by atoms with Gasteiger partial charge in [0.25, 0.3) is 5.91 Å². The Morgan fingerprint density at radius 1 is 1.21 bits per heavy atom. The molecule has 1 aliphatic heterocycles. The average Bonchev–Trinajstić information content (AvgIpc) is 2.37. The maximum absolute atomic E-state index is 12.3. The molecule has 0 saturated carbocycles. The van der Waals surface area contributed by atoms with Crippen molar-refractivity contribution in [2.75, 3.05) is 13.1 Å². The topological polar surface area (TPSA) is 29.5 Å². The van der Waals surface area contributed by atoms with Gasteiger partial charge in [-0.05, 0) is 37.5 Å². The van der Waals surface area contributed by atoms with Crippen LogP contribution in [0, 0.1) is 0 Å². The van der Waals surface area contributed by atoms with Gasteiger partial charge in [-0.3, -0.25) is 4.79 Å². The summed E-state index contributed by atoms with van der Waals surface area (Å²) >= 11 is 3.20. The van der Waals surface area contributed by atoms with Gasteiger partial charge in [-0.2, -0.15) is 8.78 Å². The SMILES string of the molecule is O=C(c1cc(Br)cc(OC(F)F)c1)N1CCCCC1. The summed E-state index contributed by atoms with van der Waals surface area (Å²) < 4.78 is 29.3. The largest absolute Gasteiger partial charge is 0.435 e. The van der Waals surface area contributed by atoms with E-state index in [-0.39, 0.29) is 11.7 Å². The predicted molar refractivity (Wildman–Crippen MR) is 70.5 cm³/mol. The molecule has 0 unspecified atom stereocenters. The van der Waals surface area contributed by atoms with Gasteiger partial charge in [-0.1, -0.05) is 15.9 Å². The van der Waals surface area contributed by atoms with Crippen LogP contribution in [0.4, 0.5) is 8.78 Å². The summed E-state index contributed by atoms with van der Waals surface area (Å²) in [6.07, 6.45) is 3.10. The van der Waals surface area contributed by atoms with Crippen LogP contribution in [-0.2, 0) is 0 Å². The number of hydrogen-bond acceptors (Lipinski definition) is 2. The Morgan fingerprint density at radius 2 is 1.89 bits per heavy atom. The lowest BCUT2D eigenvalue weighted by molar-refractivity contribution is -0.0499. The lowest BCUT2D eigenvalue weighted by Gasteiger charge is -2.26. The Morgan fingerprint density at radius 3 is 2.53 bits per heavy atom. The molecule has 19 heavy (non-hydrogen) atoms. The van der Waals surface area contributed by atoms with E-state index >= 15 is 0 Å². The van der Waals surface area contributed by atoms with Gasteiger partial charge in [0.2, 0.25) is 0 Å². The van der Waals surface area contributed by atoms with Crippen molar-refractivity contribution in [3.8, 4) is 5.75 Å². The Kier molecular flexibility index (Phi) is 4.74. The van der Waals surface area contributed by atoms with Crippen molar-refractivity contribution in [2.24, 2.45) is 0 Å². The number of nitrogens with zero attached hydrogens (tertiary/aromatic N) is 1. The zero-order valence-corrected chi connectivity index (χ0v) is 11.8. The summed E-state index contributed by atoms with van der Waals surface area (Å²) in [6.45, 7) is -1.46. The number of hydrogen-bond donors (Lipinski definition) is 0. The van der Waals surface area contributed by atoms with Crippen LogP contribution in [0.5, 0.6) is 5.75 Å². The standard InChI is InChI=1S/C13H14BrF2NO2/c14-10-6-9(7-11(8-10)19-13(15)16)12(18)17-4-2-1-3-5-17/h6-8,13H,1-5H2. The molecular formula is C13H14BrF2NO2. The van der Waals surface area contributed by atoms with Crippen LogP contribution >= 0.6 is 15.9 Å². The third-order valence-corrected chi connectivity index (χ3v) is 3.44. The van der Waals surface area contributed by atoms with Crippen LogP contribution in [-0.4, -0.2) is 30.5 Å². The molecule has 0 aromatic heterocycles. The molecule has 0 N–H and O–H groups in total. The van der Waals surface area contributed by atoms with Crippen molar-refractivity contribution in [1.82, 2.24) is 4.90 Å². The summed E-state index contributed by atoms with van der Waals surface area (Å²) in [5.74, 6) is -0.148. The van der Waals surface area contributed by atoms with E-state index in [1.165, 1.54) is 12.1 Å². The minimum atomic E-state index is -2.90. The molecular weight excluding hydrogens is 320 g/mol. The lowest BCUT2D eigenvalue weighted by atomic mass is 10.1. The van der Waals surface area contributed by atoms with Gasteiger partial charge in [-0.15, -0.1) is 0 Å². The number of rotatable bonds is 3. The second kappa shape index (κ2) is 6.32. The lowest BCUT2D eigenvalue weighted by Crippen LogP contribution is -2.35. The number of carbonyl (C=O) groups excluding carboxylic acids is 1. The first-order valence-corrected chi connectivity index (χ1v) is 6.90. The van der Waals surface area contributed by atoms with E-state index < -0.39 is 6.61 Å². The van der Waals surface area contributed by atoms with E-state index in [2.05, 4.69) is 20.7 Å². The van der Waals surface area contributed by atoms with Crippen molar-refractivity contribution in [3.63, 3.8) is 0 Å². The third-order valence-electron chi connectivity index (χ3n) is 2.99. The molecule has 1 aromatic rings.